The first-order valence-corrected chi connectivity index (χ1v) is 5.45. The van der Waals surface area contributed by atoms with E-state index in [0.29, 0.717) is 11.8 Å². The van der Waals surface area contributed by atoms with Gasteiger partial charge in [0.05, 0.1) is 0 Å². The smallest absolute Gasteiger partial charge is 0.123 e. The van der Waals surface area contributed by atoms with Crippen LogP contribution < -0.4 is 5.73 Å². The van der Waals surface area contributed by atoms with Crippen LogP contribution in [0, 0.1) is 17.2 Å². The van der Waals surface area contributed by atoms with Gasteiger partial charge in [-0.2, -0.15) is 0 Å². The molecule has 1 nitrogen and oxygen atoms in total. The van der Waals surface area contributed by atoms with Gasteiger partial charge in [0.2, 0.25) is 0 Å². The summed E-state index contributed by atoms with van der Waals surface area (Å²) in [5, 5.41) is 0. The van der Waals surface area contributed by atoms with Crippen LogP contribution in [0.3, 0.4) is 0 Å². The van der Waals surface area contributed by atoms with Crippen molar-refractivity contribution in [3.8, 4) is 0 Å². The van der Waals surface area contributed by atoms with Gasteiger partial charge in [0.25, 0.3) is 0 Å². The Bertz CT molecular complexity index is 373. The predicted molar refractivity (Wildman–Crippen MR) is 60.1 cm³/mol. The predicted octanol–water partition coefficient (Wildman–Crippen LogP) is 2.91. The monoisotopic (exact) mass is 207 g/mol. The second kappa shape index (κ2) is 3.31. The van der Waals surface area contributed by atoms with Crippen LogP contribution in [0.1, 0.15) is 32.3 Å². The fourth-order valence-corrected chi connectivity index (χ4v) is 3.08. The molecule has 2 N–H and O–H groups in total. The molecule has 1 aromatic carbocycles. The molecule has 0 bridgehead atoms. The number of nitrogens with two attached hydrogens (primary N) is 1. The highest BCUT2D eigenvalue weighted by Gasteiger charge is 2.52. The van der Waals surface area contributed by atoms with Crippen LogP contribution >= 0.6 is 0 Å². The largest absolute Gasteiger partial charge is 0.327 e. The van der Waals surface area contributed by atoms with E-state index in [9.17, 15) is 4.39 Å². The Kier molecular flexibility index (Phi) is 2.34. The minimum atomic E-state index is -0.157. The number of hydrogen-bond acceptors (Lipinski definition) is 1. The van der Waals surface area contributed by atoms with Crippen LogP contribution in [0.4, 0.5) is 4.39 Å². The number of rotatable bonds is 1. The molecule has 0 amide bonds. The molecule has 0 spiro atoms. The van der Waals surface area contributed by atoms with Gasteiger partial charge in [-0.25, -0.2) is 4.39 Å². The van der Waals surface area contributed by atoms with Gasteiger partial charge in [-0.05, 0) is 34.9 Å². The van der Waals surface area contributed by atoms with Crippen molar-refractivity contribution in [1.29, 1.82) is 0 Å². The fraction of sp³-hybridized carbons (Fsp3) is 0.538. The van der Waals surface area contributed by atoms with Crippen LogP contribution in [0.2, 0.25) is 0 Å². The van der Waals surface area contributed by atoms with Crippen molar-refractivity contribution < 1.29 is 4.39 Å². The van der Waals surface area contributed by atoms with Crippen LogP contribution in [0.5, 0.6) is 0 Å². The molecule has 0 saturated heterocycles. The topological polar surface area (TPSA) is 26.0 Å². The molecule has 1 aliphatic carbocycles. The zero-order valence-electron chi connectivity index (χ0n) is 9.50. The molecular formula is C13H18FN. The second-order valence-electron chi connectivity index (χ2n) is 5.24. The van der Waals surface area contributed by atoms with E-state index in [1.807, 2.05) is 6.07 Å². The van der Waals surface area contributed by atoms with E-state index >= 15 is 0 Å². The third-order valence-electron chi connectivity index (χ3n) is 3.96. The summed E-state index contributed by atoms with van der Waals surface area (Å²) in [5.41, 5.74) is 7.23. The average Bonchev–Trinajstić information content (AvgIpc) is 2.17. The number of hydrogen-bond donors (Lipinski definition) is 1. The Hall–Kier alpha value is -0.890. The first-order chi connectivity index (χ1) is 6.94. The van der Waals surface area contributed by atoms with E-state index in [0.717, 1.165) is 5.56 Å². The quantitative estimate of drug-likeness (QED) is 0.753. The maximum Gasteiger partial charge on any atom is 0.123 e. The maximum atomic E-state index is 13.1. The van der Waals surface area contributed by atoms with Gasteiger partial charge in [-0.15, -0.1) is 0 Å². The third kappa shape index (κ3) is 1.48. The van der Waals surface area contributed by atoms with Crippen molar-refractivity contribution in [2.24, 2.45) is 17.1 Å². The molecule has 0 heterocycles. The summed E-state index contributed by atoms with van der Waals surface area (Å²) in [6.07, 6.45) is 0. The summed E-state index contributed by atoms with van der Waals surface area (Å²) in [5.74, 6) is 0.654. The fourth-order valence-electron chi connectivity index (χ4n) is 3.08. The van der Waals surface area contributed by atoms with Crippen molar-refractivity contribution in [1.82, 2.24) is 0 Å². The van der Waals surface area contributed by atoms with Gasteiger partial charge >= 0.3 is 0 Å². The molecule has 15 heavy (non-hydrogen) atoms. The van der Waals surface area contributed by atoms with Crippen molar-refractivity contribution in [3.05, 3.63) is 35.6 Å². The molecule has 1 aliphatic rings. The summed E-state index contributed by atoms with van der Waals surface area (Å²) in [7, 11) is 0. The van der Waals surface area contributed by atoms with Crippen LogP contribution in [0.15, 0.2) is 24.3 Å². The van der Waals surface area contributed by atoms with E-state index in [4.69, 9.17) is 5.73 Å². The Morgan fingerprint density at radius 1 is 1.33 bits per heavy atom. The van der Waals surface area contributed by atoms with Crippen LogP contribution in [0.25, 0.3) is 0 Å². The Balaban J connectivity index is 2.33. The third-order valence-corrected chi connectivity index (χ3v) is 3.96. The summed E-state index contributed by atoms with van der Waals surface area (Å²) in [4.78, 5) is 0. The molecule has 3 unspecified atom stereocenters. The molecule has 1 saturated carbocycles. The molecule has 1 fully saturated rings. The van der Waals surface area contributed by atoms with Crippen molar-refractivity contribution in [2.45, 2.75) is 32.7 Å². The molecule has 0 aliphatic heterocycles. The van der Waals surface area contributed by atoms with Crippen molar-refractivity contribution in [3.63, 3.8) is 0 Å². The zero-order valence-corrected chi connectivity index (χ0v) is 9.50. The highest BCUT2D eigenvalue weighted by atomic mass is 19.1. The Morgan fingerprint density at radius 2 is 2.00 bits per heavy atom. The minimum absolute atomic E-state index is 0.0766. The highest BCUT2D eigenvalue weighted by Crippen LogP contribution is 2.55. The number of halogens is 1. The Morgan fingerprint density at radius 3 is 2.53 bits per heavy atom. The van der Waals surface area contributed by atoms with Crippen molar-refractivity contribution >= 4 is 0 Å². The van der Waals surface area contributed by atoms with E-state index in [1.54, 1.807) is 12.1 Å². The van der Waals surface area contributed by atoms with Crippen LogP contribution in [-0.2, 0) is 0 Å². The maximum absolute atomic E-state index is 13.1. The van der Waals surface area contributed by atoms with Gasteiger partial charge in [-0.1, -0.05) is 32.9 Å². The molecule has 2 rings (SSSR count). The standard InChI is InChI=1S/C13H18FN/c1-8-11(13(2,3)12(8)15)9-5-4-6-10(14)7-9/h4-8,11-12H,15H2,1-3H3. The van der Waals surface area contributed by atoms with E-state index in [2.05, 4.69) is 20.8 Å². The van der Waals surface area contributed by atoms with Gasteiger partial charge in [0, 0.05) is 6.04 Å². The summed E-state index contributed by atoms with van der Waals surface area (Å²) in [6, 6.07) is 7.11. The van der Waals surface area contributed by atoms with E-state index in [-0.39, 0.29) is 17.3 Å². The van der Waals surface area contributed by atoms with E-state index in [1.165, 1.54) is 6.07 Å². The molecule has 2 heteroatoms. The normalized spacial score (nSPS) is 33.5. The molecule has 0 radical (unpaired) electrons. The number of benzene rings is 1. The van der Waals surface area contributed by atoms with Crippen LogP contribution in [-0.4, -0.2) is 6.04 Å². The Labute approximate surface area is 90.5 Å². The lowest BCUT2D eigenvalue weighted by Gasteiger charge is -2.56. The van der Waals surface area contributed by atoms with Gasteiger partial charge in [0.15, 0.2) is 0 Å². The summed E-state index contributed by atoms with van der Waals surface area (Å²) < 4.78 is 13.1. The lowest BCUT2D eigenvalue weighted by molar-refractivity contribution is 0.0254. The first-order valence-electron chi connectivity index (χ1n) is 5.45. The summed E-state index contributed by atoms with van der Waals surface area (Å²) in [6.45, 7) is 6.46. The minimum Gasteiger partial charge on any atom is -0.327 e. The van der Waals surface area contributed by atoms with Gasteiger partial charge in [0.1, 0.15) is 5.82 Å². The second-order valence-corrected chi connectivity index (χ2v) is 5.24. The van der Waals surface area contributed by atoms with E-state index < -0.39 is 0 Å². The highest BCUT2D eigenvalue weighted by molar-refractivity contribution is 5.29. The van der Waals surface area contributed by atoms with Gasteiger partial charge in [-0.3, -0.25) is 0 Å². The first kappa shape index (κ1) is 10.6. The average molecular weight is 207 g/mol. The van der Waals surface area contributed by atoms with Gasteiger partial charge < -0.3 is 5.73 Å². The lowest BCUT2D eigenvalue weighted by Crippen LogP contribution is -2.59. The molecular weight excluding hydrogens is 189 g/mol. The molecule has 82 valence electrons. The molecule has 3 atom stereocenters. The molecule has 1 aromatic rings. The SMILES string of the molecule is CC1C(N)C(C)(C)C1c1cccc(F)c1. The zero-order chi connectivity index (χ0) is 11.2. The molecule has 0 aromatic heterocycles. The summed E-state index contributed by atoms with van der Waals surface area (Å²) >= 11 is 0. The van der Waals surface area contributed by atoms with Crippen molar-refractivity contribution in [2.75, 3.05) is 0 Å². The lowest BCUT2D eigenvalue weighted by atomic mass is 9.51.